The number of halogens is 1. The van der Waals surface area contributed by atoms with E-state index >= 15 is 0 Å². The van der Waals surface area contributed by atoms with Gasteiger partial charge in [0.2, 0.25) is 0 Å². The minimum atomic E-state index is 0.0971. The molecule has 0 aromatic heterocycles. The quantitative estimate of drug-likeness (QED) is 0.722. The summed E-state index contributed by atoms with van der Waals surface area (Å²) in [5.74, 6) is 0. The molecule has 19 heavy (non-hydrogen) atoms. The predicted molar refractivity (Wildman–Crippen MR) is 80.6 cm³/mol. The molecular formula is C16H24ClNO. The molecule has 0 atom stereocenters. The molecule has 0 amide bonds. The summed E-state index contributed by atoms with van der Waals surface area (Å²) in [6.45, 7) is 4.98. The highest BCUT2D eigenvalue weighted by Crippen LogP contribution is 2.39. The van der Waals surface area contributed by atoms with Crippen molar-refractivity contribution in [1.29, 1.82) is 0 Å². The van der Waals surface area contributed by atoms with Gasteiger partial charge >= 0.3 is 0 Å². The second-order valence-electron chi connectivity index (χ2n) is 5.42. The lowest BCUT2D eigenvalue weighted by molar-refractivity contribution is -0.113. The van der Waals surface area contributed by atoms with Gasteiger partial charge in [0.15, 0.2) is 0 Å². The molecule has 1 aliphatic rings. The van der Waals surface area contributed by atoms with E-state index in [-0.39, 0.29) is 5.60 Å². The van der Waals surface area contributed by atoms with Crippen molar-refractivity contribution in [2.24, 2.45) is 0 Å². The molecule has 0 spiro atoms. The van der Waals surface area contributed by atoms with Gasteiger partial charge in [0, 0.05) is 5.02 Å². The van der Waals surface area contributed by atoms with Crippen LogP contribution in [0.5, 0.6) is 0 Å². The predicted octanol–water partition coefficient (Wildman–Crippen LogP) is 4.17. The molecule has 1 saturated carbocycles. The van der Waals surface area contributed by atoms with Crippen LogP contribution in [-0.4, -0.2) is 18.7 Å². The smallest absolute Gasteiger partial charge is 0.0738 e. The molecule has 0 bridgehead atoms. The van der Waals surface area contributed by atoms with Crippen LogP contribution in [0.1, 0.15) is 44.6 Å². The van der Waals surface area contributed by atoms with Crippen molar-refractivity contribution in [3.8, 4) is 0 Å². The molecular weight excluding hydrogens is 258 g/mol. The summed E-state index contributed by atoms with van der Waals surface area (Å²) >= 11 is 6.17. The van der Waals surface area contributed by atoms with Crippen molar-refractivity contribution in [3.05, 3.63) is 34.9 Å². The van der Waals surface area contributed by atoms with Gasteiger partial charge in [-0.1, -0.05) is 36.7 Å². The second-order valence-corrected chi connectivity index (χ2v) is 5.82. The van der Waals surface area contributed by atoms with Crippen LogP contribution in [0.4, 0.5) is 0 Å². The van der Waals surface area contributed by atoms with Gasteiger partial charge in [0.25, 0.3) is 0 Å². The molecule has 0 aliphatic heterocycles. The molecule has 1 aromatic carbocycles. The molecule has 0 saturated heterocycles. The minimum absolute atomic E-state index is 0.0971. The van der Waals surface area contributed by atoms with Crippen LogP contribution in [0.2, 0.25) is 5.02 Å². The zero-order valence-corrected chi connectivity index (χ0v) is 12.5. The molecule has 0 radical (unpaired) electrons. The fourth-order valence-corrected chi connectivity index (χ4v) is 2.69. The first-order chi connectivity index (χ1) is 9.26. The highest BCUT2D eigenvalue weighted by molar-refractivity contribution is 6.31. The highest BCUT2D eigenvalue weighted by atomic mass is 35.5. The van der Waals surface area contributed by atoms with Crippen LogP contribution >= 0.6 is 11.6 Å². The fourth-order valence-electron chi connectivity index (χ4n) is 2.50. The molecule has 1 aliphatic carbocycles. The SMILES string of the molecule is CCCNCCC1(OCc2ccccc2Cl)CCC1. The first-order valence-electron chi connectivity index (χ1n) is 7.34. The van der Waals surface area contributed by atoms with Gasteiger partial charge in [-0.3, -0.25) is 0 Å². The van der Waals surface area contributed by atoms with E-state index in [9.17, 15) is 0 Å². The van der Waals surface area contributed by atoms with Crippen LogP contribution in [0.25, 0.3) is 0 Å². The first kappa shape index (κ1) is 14.8. The van der Waals surface area contributed by atoms with E-state index in [2.05, 4.69) is 12.2 Å². The summed E-state index contributed by atoms with van der Waals surface area (Å²) in [7, 11) is 0. The molecule has 1 aromatic rings. The fraction of sp³-hybridized carbons (Fsp3) is 0.625. The van der Waals surface area contributed by atoms with Gasteiger partial charge in [0.05, 0.1) is 12.2 Å². The highest BCUT2D eigenvalue weighted by Gasteiger charge is 2.37. The Kier molecular flexibility index (Phi) is 5.68. The lowest BCUT2D eigenvalue weighted by Crippen LogP contribution is -2.42. The number of rotatable bonds is 8. The van der Waals surface area contributed by atoms with Crippen LogP contribution in [-0.2, 0) is 11.3 Å². The molecule has 2 rings (SSSR count). The maximum Gasteiger partial charge on any atom is 0.0738 e. The normalized spacial score (nSPS) is 17.2. The van der Waals surface area contributed by atoms with Crippen molar-refractivity contribution in [3.63, 3.8) is 0 Å². The molecule has 2 nitrogen and oxygen atoms in total. The molecule has 0 unspecified atom stereocenters. The van der Waals surface area contributed by atoms with E-state index in [1.165, 1.54) is 25.7 Å². The summed E-state index contributed by atoms with van der Waals surface area (Å²) in [5.41, 5.74) is 1.19. The van der Waals surface area contributed by atoms with Gasteiger partial charge in [-0.05, 0) is 56.8 Å². The zero-order chi connectivity index (χ0) is 13.6. The first-order valence-corrected chi connectivity index (χ1v) is 7.72. The number of nitrogens with one attached hydrogen (secondary N) is 1. The Hall–Kier alpha value is -0.570. The molecule has 3 heteroatoms. The van der Waals surface area contributed by atoms with E-state index in [4.69, 9.17) is 16.3 Å². The van der Waals surface area contributed by atoms with E-state index in [0.29, 0.717) is 6.61 Å². The Morgan fingerprint density at radius 3 is 2.68 bits per heavy atom. The van der Waals surface area contributed by atoms with E-state index in [1.54, 1.807) is 0 Å². The van der Waals surface area contributed by atoms with Gasteiger partial charge in [0.1, 0.15) is 0 Å². The Bertz CT molecular complexity index is 390. The Balaban J connectivity index is 1.80. The summed E-state index contributed by atoms with van der Waals surface area (Å²) in [5, 5.41) is 4.27. The third-order valence-electron chi connectivity index (χ3n) is 3.94. The van der Waals surface area contributed by atoms with Gasteiger partial charge in [-0.2, -0.15) is 0 Å². The van der Waals surface area contributed by atoms with Crippen molar-refractivity contribution in [2.45, 2.75) is 51.2 Å². The Labute approximate surface area is 121 Å². The summed E-state index contributed by atoms with van der Waals surface area (Å²) in [4.78, 5) is 0. The average molecular weight is 282 g/mol. The minimum Gasteiger partial charge on any atom is -0.370 e. The van der Waals surface area contributed by atoms with E-state index < -0.39 is 0 Å². The topological polar surface area (TPSA) is 21.3 Å². The molecule has 106 valence electrons. The van der Waals surface area contributed by atoms with Crippen molar-refractivity contribution < 1.29 is 4.74 Å². The number of hydrogen-bond donors (Lipinski definition) is 1. The van der Waals surface area contributed by atoms with Crippen molar-refractivity contribution in [2.75, 3.05) is 13.1 Å². The van der Waals surface area contributed by atoms with Gasteiger partial charge < -0.3 is 10.1 Å². The van der Waals surface area contributed by atoms with Crippen LogP contribution in [0.3, 0.4) is 0 Å². The monoisotopic (exact) mass is 281 g/mol. The number of hydrogen-bond acceptors (Lipinski definition) is 2. The average Bonchev–Trinajstić information content (AvgIpc) is 2.38. The lowest BCUT2D eigenvalue weighted by Gasteiger charge is -2.42. The van der Waals surface area contributed by atoms with Crippen LogP contribution in [0.15, 0.2) is 24.3 Å². The van der Waals surface area contributed by atoms with E-state index in [0.717, 1.165) is 30.1 Å². The van der Waals surface area contributed by atoms with Gasteiger partial charge in [-0.15, -0.1) is 0 Å². The number of benzene rings is 1. The maximum absolute atomic E-state index is 6.19. The van der Waals surface area contributed by atoms with Crippen molar-refractivity contribution >= 4 is 11.6 Å². The lowest BCUT2D eigenvalue weighted by atomic mass is 9.77. The third-order valence-corrected chi connectivity index (χ3v) is 4.31. The largest absolute Gasteiger partial charge is 0.370 e. The number of ether oxygens (including phenoxy) is 1. The Morgan fingerprint density at radius 2 is 2.05 bits per heavy atom. The standard InChI is InChI=1S/C16H24ClNO/c1-2-11-18-12-10-16(8-5-9-16)19-13-14-6-3-4-7-15(14)17/h3-4,6-7,18H,2,5,8-13H2,1H3. The summed E-state index contributed by atoms with van der Waals surface area (Å²) in [6.07, 6.45) is 5.96. The maximum atomic E-state index is 6.19. The third kappa shape index (κ3) is 4.20. The van der Waals surface area contributed by atoms with E-state index in [1.807, 2.05) is 24.3 Å². The van der Waals surface area contributed by atoms with Crippen molar-refractivity contribution in [1.82, 2.24) is 5.32 Å². The second kappa shape index (κ2) is 7.28. The van der Waals surface area contributed by atoms with Crippen LogP contribution in [0, 0.1) is 0 Å². The summed E-state index contributed by atoms with van der Waals surface area (Å²) < 4.78 is 6.19. The molecule has 1 N–H and O–H groups in total. The Morgan fingerprint density at radius 1 is 1.26 bits per heavy atom. The molecule has 0 heterocycles. The summed E-state index contributed by atoms with van der Waals surface area (Å²) in [6, 6.07) is 7.95. The van der Waals surface area contributed by atoms with Gasteiger partial charge in [-0.25, -0.2) is 0 Å². The zero-order valence-electron chi connectivity index (χ0n) is 11.8. The van der Waals surface area contributed by atoms with Crippen LogP contribution < -0.4 is 5.32 Å². The molecule has 1 fully saturated rings.